The van der Waals surface area contributed by atoms with Crippen LogP contribution >= 0.6 is 0 Å². The summed E-state index contributed by atoms with van der Waals surface area (Å²) in [5, 5.41) is 2.99. The molecule has 3 N–H and O–H groups in total. The predicted octanol–water partition coefficient (Wildman–Crippen LogP) is 0.689. The van der Waals surface area contributed by atoms with Gasteiger partial charge in [-0.05, 0) is 31.9 Å². The normalized spacial score (nSPS) is 21.7. The fourth-order valence-corrected chi connectivity index (χ4v) is 2.14. The standard InChI is InChI=1S/C15H19N3O2/c1-11-9-13(6-8-20-11)18-15(19)14-5-4-12(10-17-14)3-2-7-16/h4-5,10-11,13H,6-9,16H2,1H3,(H,18,19). The molecule has 106 valence electrons. The van der Waals surface area contributed by atoms with Crippen LogP contribution in [0, 0.1) is 11.8 Å². The van der Waals surface area contributed by atoms with Crippen molar-refractivity contribution in [3.05, 3.63) is 29.6 Å². The van der Waals surface area contributed by atoms with Gasteiger partial charge in [-0.25, -0.2) is 4.98 Å². The summed E-state index contributed by atoms with van der Waals surface area (Å²) in [6, 6.07) is 3.61. The van der Waals surface area contributed by atoms with E-state index in [1.165, 1.54) is 0 Å². The highest BCUT2D eigenvalue weighted by Gasteiger charge is 2.21. The molecule has 5 nitrogen and oxygen atoms in total. The van der Waals surface area contributed by atoms with Crippen LogP contribution < -0.4 is 11.1 Å². The maximum Gasteiger partial charge on any atom is 0.270 e. The van der Waals surface area contributed by atoms with Gasteiger partial charge in [-0.15, -0.1) is 0 Å². The van der Waals surface area contributed by atoms with E-state index in [1.54, 1.807) is 18.3 Å². The summed E-state index contributed by atoms with van der Waals surface area (Å²) in [5.41, 5.74) is 6.46. The minimum absolute atomic E-state index is 0.151. The van der Waals surface area contributed by atoms with Gasteiger partial charge < -0.3 is 15.8 Å². The third kappa shape index (κ3) is 4.05. The third-order valence-electron chi connectivity index (χ3n) is 3.15. The van der Waals surface area contributed by atoms with Crippen LogP contribution in [0.3, 0.4) is 0 Å². The zero-order chi connectivity index (χ0) is 14.4. The maximum absolute atomic E-state index is 12.1. The summed E-state index contributed by atoms with van der Waals surface area (Å²) >= 11 is 0. The van der Waals surface area contributed by atoms with Gasteiger partial charge in [0.15, 0.2) is 0 Å². The van der Waals surface area contributed by atoms with E-state index >= 15 is 0 Å². The summed E-state index contributed by atoms with van der Waals surface area (Å²) in [5.74, 6) is 5.47. The van der Waals surface area contributed by atoms with Gasteiger partial charge in [0.2, 0.25) is 0 Å². The summed E-state index contributed by atoms with van der Waals surface area (Å²) in [6.45, 7) is 3.01. The van der Waals surface area contributed by atoms with Gasteiger partial charge in [0.25, 0.3) is 5.91 Å². The van der Waals surface area contributed by atoms with E-state index in [2.05, 4.69) is 22.1 Å². The number of carbonyl (C=O) groups excluding carboxylic acids is 1. The van der Waals surface area contributed by atoms with Gasteiger partial charge in [0.05, 0.1) is 12.6 Å². The molecule has 1 aliphatic rings. The number of hydrogen-bond acceptors (Lipinski definition) is 4. The van der Waals surface area contributed by atoms with E-state index in [1.807, 2.05) is 6.92 Å². The Bertz CT molecular complexity index is 516. The highest BCUT2D eigenvalue weighted by atomic mass is 16.5. The van der Waals surface area contributed by atoms with Gasteiger partial charge in [-0.1, -0.05) is 11.8 Å². The molecule has 1 amide bonds. The van der Waals surface area contributed by atoms with Crippen LogP contribution in [0.25, 0.3) is 0 Å². The fraction of sp³-hybridized carbons (Fsp3) is 0.467. The van der Waals surface area contributed by atoms with E-state index in [0.717, 1.165) is 18.4 Å². The summed E-state index contributed by atoms with van der Waals surface area (Å²) in [4.78, 5) is 16.2. The van der Waals surface area contributed by atoms with Crippen LogP contribution in [0.5, 0.6) is 0 Å². The molecular weight excluding hydrogens is 254 g/mol. The highest BCUT2D eigenvalue weighted by Crippen LogP contribution is 2.13. The number of ether oxygens (including phenoxy) is 1. The van der Waals surface area contributed by atoms with Crippen molar-refractivity contribution in [2.75, 3.05) is 13.2 Å². The number of amides is 1. The molecule has 2 atom stereocenters. The molecule has 0 aliphatic carbocycles. The largest absolute Gasteiger partial charge is 0.378 e. The lowest BCUT2D eigenvalue weighted by atomic mass is 10.0. The number of aromatic nitrogens is 1. The minimum Gasteiger partial charge on any atom is -0.378 e. The number of nitrogens with one attached hydrogen (secondary N) is 1. The Morgan fingerprint density at radius 3 is 3.10 bits per heavy atom. The molecule has 1 fully saturated rings. The number of rotatable bonds is 2. The maximum atomic E-state index is 12.1. The lowest BCUT2D eigenvalue weighted by Gasteiger charge is -2.27. The lowest BCUT2D eigenvalue weighted by Crippen LogP contribution is -2.41. The molecule has 0 aromatic carbocycles. The van der Waals surface area contributed by atoms with Gasteiger partial charge in [-0.3, -0.25) is 4.79 Å². The van der Waals surface area contributed by atoms with Gasteiger partial charge in [0.1, 0.15) is 5.69 Å². The first-order valence-electron chi connectivity index (χ1n) is 6.76. The van der Waals surface area contributed by atoms with Crippen molar-refractivity contribution in [1.82, 2.24) is 10.3 Å². The Morgan fingerprint density at radius 2 is 2.45 bits per heavy atom. The van der Waals surface area contributed by atoms with E-state index in [0.29, 0.717) is 18.8 Å². The Morgan fingerprint density at radius 1 is 1.60 bits per heavy atom. The van der Waals surface area contributed by atoms with Gasteiger partial charge in [-0.2, -0.15) is 0 Å². The second-order valence-electron chi connectivity index (χ2n) is 4.81. The SMILES string of the molecule is CC1CC(NC(=O)c2ccc(C#CCN)cn2)CCO1. The Balaban J connectivity index is 1.95. The molecule has 2 heterocycles. The number of nitrogens with zero attached hydrogens (tertiary/aromatic N) is 1. The second-order valence-corrected chi connectivity index (χ2v) is 4.81. The quantitative estimate of drug-likeness (QED) is 0.777. The molecule has 1 saturated heterocycles. The van der Waals surface area contributed by atoms with E-state index in [-0.39, 0.29) is 18.1 Å². The third-order valence-corrected chi connectivity index (χ3v) is 3.15. The number of nitrogens with two attached hydrogens (primary N) is 1. The predicted molar refractivity (Wildman–Crippen MR) is 76.1 cm³/mol. The number of hydrogen-bond donors (Lipinski definition) is 2. The van der Waals surface area contributed by atoms with Crippen LogP contribution in [0.1, 0.15) is 35.8 Å². The fourth-order valence-electron chi connectivity index (χ4n) is 2.14. The van der Waals surface area contributed by atoms with Crippen LogP contribution in [-0.4, -0.2) is 36.2 Å². The van der Waals surface area contributed by atoms with Crippen molar-refractivity contribution >= 4 is 5.91 Å². The summed E-state index contributed by atoms with van der Waals surface area (Å²) in [7, 11) is 0. The van der Waals surface area contributed by atoms with E-state index in [4.69, 9.17) is 10.5 Å². The first kappa shape index (κ1) is 14.5. The Kier molecular flexibility index (Phi) is 5.10. The Hall–Kier alpha value is -1.90. The molecule has 0 radical (unpaired) electrons. The monoisotopic (exact) mass is 273 g/mol. The Labute approximate surface area is 118 Å². The van der Waals surface area contributed by atoms with Crippen molar-refractivity contribution in [2.45, 2.75) is 31.9 Å². The van der Waals surface area contributed by atoms with E-state index in [9.17, 15) is 4.79 Å². The molecular formula is C15H19N3O2. The molecule has 1 aromatic heterocycles. The van der Waals surface area contributed by atoms with Crippen LogP contribution in [-0.2, 0) is 4.74 Å². The molecule has 2 rings (SSSR count). The molecule has 5 heteroatoms. The zero-order valence-electron chi connectivity index (χ0n) is 11.6. The minimum atomic E-state index is -0.151. The van der Waals surface area contributed by atoms with Crippen molar-refractivity contribution in [3.8, 4) is 11.8 Å². The van der Waals surface area contributed by atoms with E-state index < -0.39 is 0 Å². The van der Waals surface area contributed by atoms with Crippen LogP contribution in [0.4, 0.5) is 0 Å². The number of carbonyl (C=O) groups is 1. The van der Waals surface area contributed by atoms with Crippen LogP contribution in [0.2, 0.25) is 0 Å². The van der Waals surface area contributed by atoms with Gasteiger partial charge in [0, 0.05) is 24.4 Å². The first-order chi connectivity index (χ1) is 9.69. The number of pyridine rings is 1. The summed E-state index contributed by atoms with van der Waals surface area (Å²) < 4.78 is 5.46. The first-order valence-corrected chi connectivity index (χ1v) is 6.76. The molecule has 0 bridgehead atoms. The lowest BCUT2D eigenvalue weighted by molar-refractivity contribution is 0.0136. The van der Waals surface area contributed by atoms with Crippen LogP contribution in [0.15, 0.2) is 18.3 Å². The smallest absolute Gasteiger partial charge is 0.270 e. The zero-order valence-corrected chi connectivity index (χ0v) is 11.6. The average molecular weight is 273 g/mol. The van der Waals surface area contributed by atoms with Crippen molar-refractivity contribution < 1.29 is 9.53 Å². The molecule has 0 saturated carbocycles. The van der Waals surface area contributed by atoms with Gasteiger partial charge >= 0.3 is 0 Å². The molecule has 1 aromatic rings. The summed E-state index contributed by atoms with van der Waals surface area (Å²) in [6.07, 6.45) is 3.46. The van der Waals surface area contributed by atoms with Crippen molar-refractivity contribution in [2.24, 2.45) is 5.73 Å². The molecule has 0 spiro atoms. The molecule has 2 unspecified atom stereocenters. The average Bonchev–Trinajstić information content (AvgIpc) is 2.45. The van der Waals surface area contributed by atoms with Crippen molar-refractivity contribution in [3.63, 3.8) is 0 Å². The highest BCUT2D eigenvalue weighted by molar-refractivity contribution is 5.92. The second kappa shape index (κ2) is 7.04. The topological polar surface area (TPSA) is 77.2 Å². The molecule has 20 heavy (non-hydrogen) atoms. The van der Waals surface area contributed by atoms with Crippen molar-refractivity contribution in [1.29, 1.82) is 0 Å². The molecule has 1 aliphatic heterocycles.